The van der Waals surface area contributed by atoms with Gasteiger partial charge in [-0.2, -0.15) is 0 Å². The van der Waals surface area contributed by atoms with Gasteiger partial charge in [-0.25, -0.2) is 4.79 Å². The van der Waals surface area contributed by atoms with Gasteiger partial charge in [-0.15, -0.1) is 0 Å². The van der Waals surface area contributed by atoms with Gasteiger partial charge in [0, 0.05) is 25.5 Å². The van der Waals surface area contributed by atoms with Crippen LogP contribution in [0.2, 0.25) is 0 Å². The van der Waals surface area contributed by atoms with E-state index in [2.05, 4.69) is 4.74 Å². The van der Waals surface area contributed by atoms with Crippen LogP contribution in [0.5, 0.6) is 0 Å². The van der Waals surface area contributed by atoms with E-state index in [1.807, 2.05) is 12.1 Å². The van der Waals surface area contributed by atoms with Crippen LogP contribution < -0.4 is 9.80 Å². The molecular weight excluding hydrogens is 220 g/mol. The van der Waals surface area contributed by atoms with Gasteiger partial charge in [0.25, 0.3) is 0 Å². The highest BCUT2D eigenvalue weighted by atomic mass is 16.5. The average molecular weight is 234 g/mol. The minimum atomic E-state index is -0.428. The number of likely N-dealkylation sites (N-methyl/N-ethyl adjacent to an activating group) is 1. The van der Waals surface area contributed by atoms with Crippen LogP contribution in [0, 0.1) is 0 Å². The Labute approximate surface area is 99.6 Å². The van der Waals surface area contributed by atoms with Gasteiger partial charge < -0.3 is 9.64 Å². The number of hydrogen-bond donors (Lipinski definition) is 0. The highest BCUT2D eigenvalue weighted by Crippen LogP contribution is 2.31. The van der Waals surface area contributed by atoms with Crippen LogP contribution in [0.3, 0.4) is 0 Å². The summed E-state index contributed by atoms with van der Waals surface area (Å²) < 4.78 is 4.64. The van der Waals surface area contributed by atoms with E-state index in [0.717, 1.165) is 16.9 Å². The summed E-state index contributed by atoms with van der Waals surface area (Å²) in [6, 6.07) is 5.48. The number of methoxy groups -OCH3 is 1. The van der Waals surface area contributed by atoms with E-state index < -0.39 is 6.09 Å². The van der Waals surface area contributed by atoms with E-state index in [-0.39, 0.29) is 5.91 Å². The van der Waals surface area contributed by atoms with Crippen LogP contribution in [0.1, 0.15) is 5.56 Å². The fraction of sp³-hybridized carbons (Fsp3) is 0.333. The van der Waals surface area contributed by atoms with Crippen molar-refractivity contribution < 1.29 is 14.3 Å². The van der Waals surface area contributed by atoms with Crippen molar-refractivity contribution in [2.75, 3.05) is 31.0 Å². The molecule has 2 rings (SSSR count). The third-order valence-corrected chi connectivity index (χ3v) is 2.98. The SMILES string of the molecule is COC(=O)N(C)c1ccc2c(c1)CC(=O)N2C. The minimum Gasteiger partial charge on any atom is -0.452 e. The number of fused-ring (bicyclic) bond motifs is 1. The zero-order valence-electron chi connectivity index (χ0n) is 10.1. The summed E-state index contributed by atoms with van der Waals surface area (Å²) in [7, 11) is 4.72. The molecule has 1 aliphatic heterocycles. The molecule has 0 atom stereocenters. The second kappa shape index (κ2) is 4.08. The first-order valence-electron chi connectivity index (χ1n) is 5.25. The van der Waals surface area contributed by atoms with Crippen LogP contribution >= 0.6 is 0 Å². The molecule has 1 heterocycles. The van der Waals surface area contributed by atoms with E-state index in [1.54, 1.807) is 25.1 Å². The molecule has 2 amide bonds. The minimum absolute atomic E-state index is 0.0675. The molecule has 1 aliphatic rings. The van der Waals surface area contributed by atoms with E-state index >= 15 is 0 Å². The van der Waals surface area contributed by atoms with E-state index in [0.29, 0.717) is 6.42 Å². The Morgan fingerprint density at radius 1 is 1.47 bits per heavy atom. The number of rotatable bonds is 1. The molecular formula is C12H14N2O3. The van der Waals surface area contributed by atoms with Crippen LogP contribution in [0.15, 0.2) is 18.2 Å². The summed E-state index contributed by atoms with van der Waals surface area (Å²) in [6.45, 7) is 0. The molecule has 0 saturated carbocycles. The first-order chi connectivity index (χ1) is 8.04. The van der Waals surface area contributed by atoms with Gasteiger partial charge in [0.05, 0.1) is 13.5 Å². The normalized spacial score (nSPS) is 13.6. The summed E-state index contributed by atoms with van der Waals surface area (Å²) in [5, 5.41) is 0. The molecule has 0 aromatic heterocycles. The fourth-order valence-corrected chi connectivity index (χ4v) is 1.91. The smallest absolute Gasteiger partial charge is 0.413 e. The summed E-state index contributed by atoms with van der Waals surface area (Å²) in [4.78, 5) is 25.9. The highest BCUT2D eigenvalue weighted by molar-refractivity contribution is 6.01. The largest absolute Gasteiger partial charge is 0.452 e. The number of nitrogens with zero attached hydrogens (tertiary/aromatic N) is 2. The topological polar surface area (TPSA) is 49.9 Å². The molecule has 0 unspecified atom stereocenters. The molecule has 0 fully saturated rings. The van der Waals surface area contributed by atoms with Crippen LogP contribution in [-0.4, -0.2) is 33.2 Å². The van der Waals surface area contributed by atoms with Gasteiger partial charge in [0.15, 0.2) is 0 Å². The van der Waals surface area contributed by atoms with E-state index in [4.69, 9.17) is 0 Å². The Morgan fingerprint density at radius 2 is 2.18 bits per heavy atom. The second-order valence-electron chi connectivity index (χ2n) is 3.97. The zero-order valence-corrected chi connectivity index (χ0v) is 10.1. The van der Waals surface area contributed by atoms with Crippen LogP contribution in [-0.2, 0) is 16.0 Å². The summed E-state index contributed by atoms with van der Waals surface area (Å²) >= 11 is 0. The lowest BCUT2D eigenvalue weighted by Crippen LogP contribution is -2.25. The predicted octanol–water partition coefficient (Wildman–Crippen LogP) is 1.41. The maximum atomic E-state index is 11.5. The molecule has 1 aromatic carbocycles. The fourth-order valence-electron chi connectivity index (χ4n) is 1.91. The Morgan fingerprint density at radius 3 is 2.82 bits per heavy atom. The summed E-state index contributed by atoms with van der Waals surface area (Å²) in [5.74, 6) is 0.0675. The summed E-state index contributed by atoms with van der Waals surface area (Å²) in [6.07, 6.45) is -0.0445. The maximum absolute atomic E-state index is 11.5. The van der Waals surface area contributed by atoms with Gasteiger partial charge in [0.2, 0.25) is 5.91 Å². The molecule has 17 heavy (non-hydrogen) atoms. The molecule has 0 N–H and O–H groups in total. The molecule has 90 valence electrons. The van der Waals surface area contributed by atoms with Crippen molar-refractivity contribution in [3.63, 3.8) is 0 Å². The average Bonchev–Trinajstić information content (AvgIpc) is 2.62. The van der Waals surface area contributed by atoms with Crippen molar-refractivity contribution in [1.29, 1.82) is 0 Å². The highest BCUT2D eigenvalue weighted by Gasteiger charge is 2.24. The molecule has 0 aliphatic carbocycles. The first-order valence-corrected chi connectivity index (χ1v) is 5.25. The number of ether oxygens (including phenoxy) is 1. The van der Waals surface area contributed by atoms with Crippen molar-refractivity contribution >= 4 is 23.4 Å². The first kappa shape index (κ1) is 11.4. The Hall–Kier alpha value is -2.04. The van der Waals surface area contributed by atoms with Crippen molar-refractivity contribution in [1.82, 2.24) is 0 Å². The third-order valence-electron chi connectivity index (χ3n) is 2.98. The summed E-state index contributed by atoms with van der Waals surface area (Å²) in [5.41, 5.74) is 2.56. The van der Waals surface area contributed by atoms with Crippen molar-refractivity contribution in [2.24, 2.45) is 0 Å². The Bertz CT molecular complexity index is 485. The second-order valence-corrected chi connectivity index (χ2v) is 3.97. The van der Waals surface area contributed by atoms with Crippen molar-refractivity contribution in [2.45, 2.75) is 6.42 Å². The van der Waals surface area contributed by atoms with Gasteiger partial charge in [-0.1, -0.05) is 0 Å². The quantitative estimate of drug-likeness (QED) is 0.738. The monoisotopic (exact) mass is 234 g/mol. The molecule has 0 radical (unpaired) electrons. The van der Waals surface area contributed by atoms with E-state index in [1.165, 1.54) is 12.0 Å². The molecule has 1 aromatic rings. The Kier molecular flexibility index (Phi) is 2.75. The molecule has 0 saturated heterocycles. The number of benzene rings is 1. The number of anilines is 2. The van der Waals surface area contributed by atoms with Crippen LogP contribution in [0.4, 0.5) is 16.2 Å². The number of carbonyl (C=O) groups is 2. The maximum Gasteiger partial charge on any atom is 0.413 e. The lowest BCUT2D eigenvalue weighted by Gasteiger charge is -2.17. The van der Waals surface area contributed by atoms with Crippen LogP contribution in [0.25, 0.3) is 0 Å². The lowest BCUT2D eigenvalue weighted by molar-refractivity contribution is -0.117. The van der Waals surface area contributed by atoms with Gasteiger partial charge >= 0.3 is 6.09 Å². The molecule has 5 nitrogen and oxygen atoms in total. The zero-order chi connectivity index (χ0) is 12.6. The van der Waals surface area contributed by atoms with Gasteiger partial charge in [-0.3, -0.25) is 9.69 Å². The molecule has 0 bridgehead atoms. The molecule has 0 spiro atoms. The number of carbonyl (C=O) groups excluding carboxylic acids is 2. The number of hydrogen-bond acceptors (Lipinski definition) is 3. The van der Waals surface area contributed by atoms with Crippen molar-refractivity contribution in [3.8, 4) is 0 Å². The van der Waals surface area contributed by atoms with E-state index in [9.17, 15) is 9.59 Å². The lowest BCUT2D eigenvalue weighted by atomic mass is 10.1. The third kappa shape index (κ3) is 1.84. The predicted molar refractivity (Wildman–Crippen MR) is 64.4 cm³/mol. The molecule has 5 heteroatoms. The standard InChI is InChI=1S/C12H14N2O3/c1-13(12(16)17-3)9-4-5-10-8(6-9)7-11(15)14(10)2/h4-6H,7H2,1-3H3. The van der Waals surface area contributed by atoms with Gasteiger partial charge in [-0.05, 0) is 23.8 Å². The van der Waals surface area contributed by atoms with Crippen molar-refractivity contribution in [3.05, 3.63) is 23.8 Å². The Balaban J connectivity index is 2.33. The van der Waals surface area contributed by atoms with Gasteiger partial charge in [0.1, 0.15) is 0 Å². The number of amides is 2.